The van der Waals surface area contributed by atoms with Crippen LogP contribution in [0.4, 0.5) is 0 Å². The van der Waals surface area contributed by atoms with Crippen LogP contribution >= 0.6 is 12.4 Å². The van der Waals surface area contributed by atoms with Gasteiger partial charge in [-0.05, 0) is 31.4 Å². The lowest BCUT2D eigenvalue weighted by Crippen LogP contribution is -2.62. The SMILES string of the molecule is CCCS(=O)(=O)N1CCN(C2(CNC(=O)c3ccccc3)CCCCC2)CC1.Cl. The van der Waals surface area contributed by atoms with Crippen LogP contribution in [0.15, 0.2) is 30.3 Å². The molecule has 0 bridgehead atoms. The summed E-state index contributed by atoms with van der Waals surface area (Å²) >= 11 is 0. The van der Waals surface area contributed by atoms with Crippen molar-refractivity contribution < 1.29 is 13.2 Å². The molecule has 2 aliphatic rings. The first kappa shape index (κ1) is 24.1. The molecule has 1 saturated carbocycles. The van der Waals surface area contributed by atoms with Gasteiger partial charge in [-0.2, -0.15) is 4.31 Å². The van der Waals surface area contributed by atoms with Crippen molar-refractivity contribution >= 4 is 28.3 Å². The molecular formula is C21H34ClN3O3S. The number of benzene rings is 1. The molecule has 29 heavy (non-hydrogen) atoms. The molecule has 1 saturated heterocycles. The van der Waals surface area contributed by atoms with Crippen LogP contribution in [0, 0.1) is 0 Å². The number of amides is 1. The lowest BCUT2D eigenvalue weighted by atomic mass is 9.79. The Balaban J connectivity index is 0.00000300. The second-order valence-electron chi connectivity index (χ2n) is 8.04. The fourth-order valence-corrected chi connectivity index (χ4v) is 6.07. The quantitative estimate of drug-likeness (QED) is 0.703. The van der Waals surface area contributed by atoms with Crippen LogP contribution < -0.4 is 5.32 Å². The van der Waals surface area contributed by atoms with Gasteiger partial charge in [0.2, 0.25) is 10.0 Å². The summed E-state index contributed by atoms with van der Waals surface area (Å²) in [6, 6.07) is 9.33. The van der Waals surface area contributed by atoms with E-state index >= 15 is 0 Å². The van der Waals surface area contributed by atoms with E-state index in [0.717, 1.165) is 38.8 Å². The van der Waals surface area contributed by atoms with Gasteiger partial charge in [0, 0.05) is 43.8 Å². The third-order valence-corrected chi connectivity index (χ3v) is 8.24. The summed E-state index contributed by atoms with van der Waals surface area (Å²) in [5.74, 6) is 0.195. The molecule has 6 nitrogen and oxygen atoms in total. The third-order valence-electron chi connectivity index (χ3n) is 6.16. The van der Waals surface area contributed by atoms with Crippen molar-refractivity contribution in [3.63, 3.8) is 0 Å². The molecule has 1 amide bonds. The van der Waals surface area contributed by atoms with Crippen LogP contribution in [-0.2, 0) is 10.0 Å². The highest BCUT2D eigenvalue weighted by Crippen LogP contribution is 2.34. The Labute approximate surface area is 181 Å². The van der Waals surface area contributed by atoms with Crippen molar-refractivity contribution in [1.29, 1.82) is 0 Å². The lowest BCUT2D eigenvalue weighted by molar-refractivity contribution is 0.0240. The maximum Gasteiger partial charge on any atom is 0.251 e. The molecule has 8 heteroatoms. The molecule has 0 unspecified atom stereocenters. The highest BCUT2D eigenvalue weighted by Gasteiger charge is 2.40. The monoisotopic (exact) mass is 443 g/mol. The molecule has 164 valence electrons. The number of rotatable bonds is 7. The zero-order chi connectivity index (χ0) is 20.0. The van der Waals surface area contributed by atoms with Crippen LogP contribution in [0.1, 0.15) is 55.8 Å². The van der Waals surface area contributed by atoms with Crippen molar-refractivity contribution in [3.8, 4) is 0 Å². The van der Waals surface area contributed by atoms with E-state index in [-0.39, 0.29) is 29.6 Å². The van der Waals surface area contributed by atoms with E-state index in [4.69, 9.17) is 0 Å². The lowest BCUT2D eigenvalue weighted by Gasteiger charge is -2.49. The highest BCUT2D eigenvalue weighted by molar-refractivity contribution is 7.89. The summed E-state index contributed by atoms with van der Waals surface area (Å²) in [5.41, 5.74) is 0.632. The van der Waals surface area contributed by atoms with Crippen molar-refractivity contribution in [2.75, 3.05) is 38.5 Å². The molecule has 3 rings (SSSR count). The van der Waals surface area contributed by atoms with E-state index in [0.29, 0.717) is 31.6 Å². The third kappa shape index (κ3) is 5.94. The summed E-state index contributed by atoms with van der Waals surface area (Å²) in [6.45, 7) is 5.12. The van der Waals surface area contributed by atoms with Crippen LogP contribution in [0.3, 0.4) is 0 Å². The predicted octanol–water partition coefficient (Wildman–Crippen LogP) is 2.90. The number of halogens is 1. The Bertz CT molecular complexity index is 744. The van der Waals surface area contributed by atoms with Crippen molar-refractivity contribution in [2.45, 2.75) is 51.0 Å². The number of nitrogens with zero attached hydrogens (tertiary/aromatic N) is 2. The molecular weight excluding hydrogens is 410 g/mol. The Morgan fingerprint density at radius 1 is 1.03 bits per heavy atom. The average molecular weight is 444 g/mol. The first-order chi connectivity index (χ1) is 13.5. The number of carbonyl (C=O) groups excluding carboxylic acids is 1. The predicted molar refractivity (Wildman–Crippen MR) is 119 cm³/mol. The molecule has 0 spiro atoms. The van der Waals surface area contributed by atoms with E-state index in [9.17, 15) is 13.2 Å². The van der Waals surface area contributed by atoms with Gasteiger partial charge in [0.25, 0.3) is 5.91 Å². The fourth-order valence-electron chi connectivity index (χ4n) is 4.58. The molecule has 0 aromatic heterocycles. The Hall–Kier alpha value is -1.15. The maximum atomic E-state index is 12.6. The Morgan fingerprint density at radius 3 is 2.24 bits per heavy atom. The Morgan fingerprint density at radius 2 is 1.66 bits per heavy atom. The highest BCUT2D eigenvalue weighted by atomic mass is 35.5. The number of hydrogen-bond donors (Lipinski definition) is 1. The molecule has 1 N–H and O–H groups in total. The van der Waals surface area contributed by atoms with Crippen molar-refractivity contribution in [3.05, 3.63) is 35.9 Å². The van der Waals surface area contributed by atoms with Gasteiger partial charge in [0.05, 0.1) is 5.75 Å². The van der Waals surface area contributed by atoms with Gasteiger partial charge in [0.15, 0.2) is 0 Å². The minimum absolute atomic E-state index is 0. The van der Waals surface area contributed by atoms with E-state index in [1.165, 1.54) is 6.42 Å². The van der Waals surface area contributed by atoms with E-state index in [1.54, 1.807) is 4.31 Å². The maximum absolute atomic E-state index is 12.6. The van der Waals surface area contributed by atoms with Gasteiger partial charge in [-0.1, -0.05) is 44.4 Å². The summed E-state index contributed by atoms with van der Waals surface area (Å²) in [5, 5.41) is 3.16. The normalized spacial score (nSPS) is 20.6. The number of sulfonamides is 1. The first-order valence-electron chi connectivity index (χ1n) is 10.5. The number of nitrogens with one attached hydrogen (secondary N) is 1. The fraction of sp³-hybridized carbons (Fsp3) is 0.667. The topological polar surface area (TPSA) is 69.7 Å². The Kier molecular flexibility index (Phi) is 8.94. The summed E-state index contributed by atoms with van der Waals surface area (Å²) in [6.07, 6.45) is 6.33. The standard InChI is InChI=1S/C21H33N3O3S.ClH/c1-2-17-28(26,27)24-15-13-23(14-16-24)21(11-7-4-8-12-21)18-22-20(25)19-9-5-3-6-10-19;/h3,5-6,9-10H,2,4,7-8,11-18H2,1H3,(H,22,25);1H. The average Bonchev–Trinajstić information content (AvgIpc) is 2.73. The zero-order valence-electron chi connectivity index (χ0n) is 17.3. The summed E-state index contributed by atoms with van der Waals surface area (Å²) in [7, 11) is -3.13. The van der Waals surface area contributed by atoms with Gasteiger partial charge in [0.1, 0.15) is 0 Å². The van der Waals surface area contributed by atoms with E-state index in [2.05, 4.69) is 10.2 Å². The molecule has 2 fully saturated rings. The molecule has 0 radical (unpaired) electrons. The molecule has 1 aromatic carbocycles. The molecule has 1 aliphatic carbocycles. The van der Waals surface area contributed by atoms with Gasteiger partial charge in [-0.3, -0.25) is 9.69 Å². The summed E-state index contributed by atoms with van der Waals surface area (Å²) < 4.78 is 26.4. The van der Waals surface area contributed by atoms with E-state index in [1.807, 2.05) is 37.3 Å². The van der Waals surface area contributed by atoms with E-state index < -0.39 is 10.0 Å². The van der Waals surface area contributed by atoms with Crippen LogP contribution in [-0.4, -0.2) is 67.5 Å². The zero-order valence-corrected chi connectivity index (χ0v) is 18.9. The van der Waals surface area contributed by atoms with Gasteiger partial charge in [-0.15, -0.1) is 12.4 Å². The van der Waals surface area contributed by atoms with Crippen LogP contribution in [0.25, 0.3) is 0 Å². The minimum Gasteiger partial charge on any atom is -0.350 e. The molecule has 0 atom stereocenters. The smallest absolute Gasteiger partial charge is 0.251 e. The second-order valence-corrected chi connectivity index (χ2v) is 10.1. The minimum atomic E-state index is -3.13. The van der Waals surface area contributed by atoms with Crippen molar-refractivity contribution in [1.82, 2.24) is 14.5 Å². The van der Waals surface area contributed by atoms with Crippen LogP contribution in [0.2, 0.25) is 0 Å². The number of piperazine rings is 1. The molecule has 1 aliphatic heterocycles. The molecule has 1 heterocycles. The second kappa shape index (κ2) is 10.8. The van der Waals surface area contributed by atoms with Gasteiger partial charge < -0.3 is 5.32 Å². The molecule has 1 aromatic rings. The van der Waals surface area contributed by atoms with Crippen molar-refractivity contribution in [2.24, 2.45) is 0 Å². The number of hydrogen-bond acceptors (Lipinski definition) is 4. The number of carbonyl (C=O) groups is 1. The first-order valence-corrected chi connectivity index (χ1v) is 12.1. The van der Waals surface area contributed by atoms with Gasteiger partial charge in [-0.25, -0.2) is 8.42 Å². The largest absolute Gasteiger partial charge is 0.350 e. The van der Waals surface area contributed by atoms with Crippen LogP contribution in [0.5, 0.6) is 0 Å². The summed E-state index contributed by atoms with van der Waals surface area (Å²) in [4.78, 5) is 15.0. The van der Waals surface area contributed by atoms with Gasteiger partial charge >= 0.3 is 0 Å².